The molecule has 1 N–H and O–H groups in total. The summed E-state index contributed by atoms with van der Waals surface area (Å²) < 4.78 is 19.0. The first kappa shape index (κ1) is 14.4. The Morgan fingerprint density at radius 3 is 2.76 bits per heavy atom. The summed E-state index contributed by atoms with van der Waals surface area (Å²) in [7, 11) is 0. The van der Waals surface area contributed by atoms with Crippen molar-refractivity contribution in [3.05, 3.63) is 63.5 Å². The van der Waals surface area contributed by atoms with Crippen LogP contribution in [0.4, 0.5) is 10.1 Å². The number of hydrogen-bond acceptors (Lipinski definition) is 5. The van der Waals surface area contributed by atoms with Gasteiger partial charge in [0.05, 0.1) is 23.2 Å². The molecule has 2 rings (SSSR count). The minimum Gasteiger partial charge on any atom is -0.447 e. The zero-order valence-electron chi connectivity index (χ0n) is 10.6. The number of nitro groups is 1. The Morgan fingerprint density at radius 2 is 2.14 bits per heavy atom. The average molecular weight is 288 g/mol. The van der Waals surface area contributed by atoms with Crippen LogP contribution in [0.15, 0.2) is 36.4 Å². The number of rotatable bonds is 4. The quantitative estimate of drug-likeness (QED) is 0.689. The highest BCUT2D eigenvalue weighted by Crippen LogP contribution is 2.35. The fourth-order valence-corrected chi connectivity index (χ4v) is 1.72. The van der Waals surface area contributed by atoms with Gasteiger partial charge in [-0.3, -0.25) is 10.1 Å². The molecular weight excluding hydrogens is 279 g/mol. The standard InChI is InChI=1S/C14H9FN2O4/c15-11-3-1-2-10(8-18)14(11)21-13-5-4-9(7-16)6-12(13)17(19)20/h1-6,18H,8H2. The van der Waals surface area contributed by atoms with Crippen molar-refractivity contribution >= 4 is 5.69 Å². The van der Waals surface area contributed by atoms with Crippen molar-refractivity contribution in [2.24, 2.45) is 0 Å². The van der Waals surface area contributed by atoms with Gasteiger partial charge in [0.25, 0.3) is 0 Å². The van der Waals surface area contributed by atoms with Crippen molar-refractivity contribution in [1.82, 2.24) is 0 Å². The molecule has 0 saturated carbocycles. The number of benzene rings is 2. The summed E-state index contributed by atoms with van der Waals surface area (Å²) in [5, 5.41) is 28.9. The fourth-order valence-electron chi connectivity index (χ4n) is 1.72. The van der Waals surface area contributed by atoms with Crippen molar-refractivity contribution in [2.75, 3.05) is 0 Å². The monoisotopic (exact) mass is 288 g/mol. The van der Waals surface area contributed by atoms with Crippen LogP contribution < -0.4 is 4.74 Å². The number of para-hydroxylation sites is 1. The van der Waals surface area contributed by atoms with Crippen molar-refractivity contribution in [3.63, 3.8) is 0 Å². The molecule has 0 aliphatic heterocycles. The van der Waals surface area contributed by atoms with Gasteiger partial charge in [0.1, 0.15) is 0 Å². The second kappa shape index (κ2) is 5.98. The van der Waals surface area contributed by atoms with Crippen molar-refractivity contribution in [2.45, 2.75) is 6.61 Å². The first-order valence-corrected chi connectivity index (χ1v) is 5.81. The molecule has 0 radical (unpaired) electrons. The molecule has 0 unspecified atom stereocenters. The number of nitrogens with zero attached hydrogens (tertiary/aromatic N) is 2. The van der Waals surface area contributed by atoms with E-state index >= 15 is 0 Å². The molecule has 6 nitrogen and oxygen atoms in total. The Hall–Kier alpha value is -2.98. The molecule has 0 saturated heterocycles. The van der Waals surface area contributed by atoms with Gasteiger partial charge in [-0.2, -0.15) is 5.26 Å². The van der Waals surface area contributed by atoms with E-state index in [1.165, 1.54) is 24.3 Å². The van der Waals surface area contributed by atoms with E-state index in [-0.39, 0.29) is 22.6 Å². The molecule has 0 bridgehead atoms. The lowest BCUT2D eigenvalue weighted by molar-refractivity contribution is -0.385. The van der Waals surface area contributed by atoms with Gasteiger partial charge in [0.2, 0.25) is 5.75 Å². The maximum atomic E-state index is 13.7. The van der Waals surface area contributed by atoms with Gasteiger partial charge in [0, 0.05) is 11.6 Å². The first-order valence-electron chi connectivity index (χ1n) is 5.81. The van der Waals surface area contributed by atoms with Gasteiger partial charge in [-0.05, 0) is 18.2 Å². The summed E-state index contributed by atoms with van der Waals surface area (Å²) >= 11 is 0. The largest absolute Gasteiger partial charge is 0.447 e. The predicted molar refractivity (Wildman–Crippen MR) is 70.2 cm³/mol. The van der Waals surface area contributed by atoms with Gasteiger partial charge < -0.3 is 9.84 Å². The molecule has 106 valence electrons. The molecule has 21 heavy (non-hydrogen) atoms. The second-order valence-corrected chi connectivity index (χ2v) is 4.04. The number of halogens is 1. The van der Waals surface area contributed by atoms with Crippen LogP contribution in [0.25, 0.3) is 0 Å². The Labute approximate surface area is 118 Å². The zero-order chi connectivity index (χ0) is 15.4. The van der Waals surface area contributed by atoms with E-state index in [1.54, 1.807) is 6.07 Å². The smallest absolute Gasteiger partial charge is 0.312 e. The van der Waals surface area contributed by atoms with Crippen LogP contribution in [0.2, 0.25) is 0 Å². The Bertz CT molecular complexity index is 740. The molecular formula is C14H9FN2O4. The minimum absolute atomic E-state index is 0.0879. The van der Waals surface area contributed by atoms with Crippen molar-refractivity contribution < 1.29 is 19.2 Å². The molecule has 0 atom stereocenters. The first-order chi connectivity index (χ1) is 10.1. The lowest BCUT2D eigenvalue weighted by Crippen LogP contribution is -1.98. The average Bonchev–Trinajstić information content (AvgIpc) is 2.49. The summed E-state index contributed by atoms with van der Waals surface area (Å²) in [6.45, 7) is -0.475. The number of ether oxygens (including phenoxy) is 1. The molecule has 0 aromatic heterocycles. The van der Waals surface area contributed by atoms with E-state index < -0.39 is 23.0 Å². The van der Waals surface area contributed by atoms with E-state index in [4.69, 9.17) is 15.1 Å². The molecule has 0 spiro atoms. The normalized spacial score (nSPS) is 9.95. The molecule has 2 aromatic rings. The van der Waals surface area contributed by atoms with Crippen LogP contribution in [0.1, 0.15) is 11.1 Å². The minimum atomic E-state index is -0.750. The van der Waals surface area contributed by atoms with E-state index in [0.29, 0.717) is 0 Å². The van der Waals surface area contributed by atoms with Gasteiger partial charge in [-0.25, -0.2) is 4.39 Å². The summed E-state index contributed by atoms with van der Waals surface area (Å²) in [6.07, 6.45) is 0. The number of aliphatic hydroxyl groups is 1. The predicted octanol–water partition coefficient (Wildman–Crippen LogP) is 2.89. The van der Waals surface area contributed by atoms with Crippen LogP contribution in [0.3, 0.4) is 0 Å². The molecule has 0 aliphatic carbocycles. The summed E-state index contributed by atoms with van der Waals surface area (Å²) in [5.41, 5.74) is -0.209. The SMILES string of the molecule is N#Cc1ccc(Oc2c(F)cccc2CO)c([N+](=O)[O-])c1. The molecule has 0 aliphatic rings. The second-order valence-electron chi connectivity index (χ2n) is 4.04. The van der Waals surface area contributed by atoms with Crippen LogP contribution in [-0.2, 0) is 6.61 Å². The highest BCUT2D eigenvalue weighted by molar-refractivity contribution is 5.54. The molecule has 2 aromatic carbocycles. The van der Waals surface area contributed by atoms with Crippen LogP contribution in [0, 0.1) is 27.3 Å². The van der Waals surface area contributed by atoms with Gasteiger partial charge in [-0.1, -0.05) is 12.1 Å². The third-order valence-electron chi connectivity index (χ3n) is 2.72. The number of hydrogen-bond donors (Lipinski definition) is 1. The van der Waals surface area contributed by atoms with Gasteiger partial charge >= 0.3 is 5.69 Å². The number of aliphatic hydroxyl groups excluding tert-OH is 1. The van der Waals surface area contributed by atoms with Crippen LogP contribution >= 0.6 is 0 Å². The maximum absolute atomic E-state index is 13.7. The topological polar surface area (TPSA) is 96.4 Å². The van der Waals surface area contributed by atoms with E-state index in [1.807, 2.05) is 0 Å². The number of nitro benzene ring substituents is 1. The third kappa shape index (κ3) is 2.96. The van der Waals surface area contributed by atoms with Crippen molar-refractivity contribution in [1.29, 1.82) is 5.26 Å². The van der Waals surface area contributed by atoms with Crippen LogP contribution in [-0.4, -0.2) is 10.0 Å². The highest BCUT2D eigenvalue weighted by atomic mass is 19.1. The Kier molecular flexibility index (Phi) is 4.11. The highest BCUT2D eigenvalue weighted by Gasteiger charge is 2.19. The Balaban J connectivity index is 2.50. The van der Waals surface area contributed by atoms with E-state index in [9.17, 15) is 14.5 Å². The number of nitriles is 1. The lowest BCUT2D eigenvalue weighted by Gasteiger charge is -2.10. The zero-order valence-corrected chi connectivity index (χ0v) is 10.6. The van der Waals surface area contributed by atoms with Gasteiger partial charge in [-0.15, -0.1) is 0 Å². The van der Waals surface area contributed by atoms with Gasteiger partial charge in [0.15, 0.2) is 11.6 Å². The van der Waals surface area contributed by atoms with Crippen molar-refractivity contribution in [3.8, 4) is 17.6 Å². The lowest BCUT2D eigenvalue weighted by atomic mass is 10.2. The Morgan fingerprint density at radius 1 is 1.38 bits per heavy atom. The third-order valence-corrected chi connectivity index (χ3v) is 2.72. The summed E-state index contributed by atoms with van der Waals surface area (Å²) in [5.74, 6) is -1.24. The summed E-state index contributed by atoms with van der Waals surface area (Å²) in [6, 6.07) is 9.29. The maximum Gasteiger partial charge on any atom is 0.312 e. The van der Waals surface area contributed by atoms with E-state index in [2.05, 4.69) is 0 Å². The molecule has 0 amide bonds. The summed E-state index contributed by atoms with van der Waals surface area (Å²) in [4.78, 5) is 10.3. The molecule has 7 heteroatoms. The molecule has 0 heterocycles. The fraction of sp³-hybridized carbons (Fsp3) is 0.0714. The van der Waals surface area contributed by atoms with Crippen LogP contribution in [0.5, 0.6) is 11.5 Å². The van der Waals surface area contributed by atoms with E-state index in [0.717, 1.165) is 12.1 Å². The molecule has 0 fully saturated rings.